The van der Waals surface area contributed by atoms with Gasteiger partial charge in [0.15, 0.2) is 5.82 Å². The van der Waals surface area contributed by atoms with Gasteiger partial charge in [0.25, 0.3) is 6.43 Å². The van der Waals surface area contributed by atoms with E-state index >= 15 is 4.39 Å². The van der Waals surface area contributed by atoms with Gasteiger partial charge < -0.3 is 14.7 Å². The quantitative estimate of drug-likeness (QED) is 0.264. The molecule has 1 aromatic carbocycles. The topological polar surface area (TPSA) is 94.9 Å². The van der Waals surface area contributed by atoms with Crippen molar-refractivity contribution in [3.63, 3.8) is 0 Å². The molecule has 4 aliphatic heterocycles. The van der Waals surface area contributed by atoms with E-state index in [1.54, 1.807) is 0 Å². The van der Waals surface area contributed by atoms with E-state index in [2.05, 4.69) is 28.7 Å². The predicted octanol–water partition coefficient (Wildman–Crippen LogP) is 6.83. The highest BCUT2D eigenvalue weighted by molar-refractivity contribution is 5.92. The van der Waals surface area contributed by atoms with Crippen LogP contribution in [-0.4, -0.2) is 86.4 Å². The van der Waals surface area contributed by atoms with Crippen LogP contribution in [-0.2, 0) is 0 Å². The summed E-state index contributed by atoms with van der Waals surface area (Å²) in [6.07, 6.45) is 3.02. The highest BCUT2D eigenvalue weighted by Gasteiger charge is 2.51. The second-order valence-electron chi connectivity index (χ2n) is 13.8. The average molecular weight is 657 g/mol. The lowest BCUT2D eigenvalue weighted by Gasteiger charge is -2.40. The molecular formula is C34H40F4N6O3. The first-order valence-corrected chi connectivity index (χ1v) is 16.6. The number of hydrogen-bond acceptors (Lipinski definition) is 7. The maximum absolute atomic E-state index is 16.6. The number of ether oxygens (including phenoxy) is 1. The predicted molar refractivity (Wildman–Crippen MR) is 168 cm³/mol. The number of amides is 1. The van der Waals surface area contributed by atoms with Crippen LogP contribution in [0.3, 0.4) is 0 Å². The maximum atomic E-state index is 16.6. The first-order valence-electron chi connectivity index (χ1n) is 16.6. The number of alkyl halides is 2. The summed E-state index contributed by atoms with van der Waals surface area (Å²) < 4.78 is 65.0. The van der Waals surface area contributed by atoms with Crippen molar-refractivity contribution in [2.24, 2.45) is 11.8 Å². The summed E-state index contributed by atoms with van der Waals surface area (Å²) in [4.78, 5) is 31.6. The van der Waals surface area contributed by atoms with E-state index in [-0.39, 0.29) is 51.4 Å². The van der Waals surface area contributed by atoms with Gasteiger partial charge in [0.05, 0.1) is 23.0 Å². The molecule has 6 heterocycles. The number of nitrogens with zero attached hydrogens (tertiary/aromatic N) is 6. The van der Waals surface area contributed by atoms with E-state index in [9.17, 15) is 23.1 Å². The molecule has 9 nitrogen and oxygen atoms in total. The van der Waals surface area contributed by atoms with Crippen LogP contribution in [0.25, 0.3) is 22.2 Å². The van der Waals surface area contributed by atoms with Crippen molar-refractivity contribution in [1.82, 2.24) is 24.8 Å². The Kier molecular flexibility index (Phi) is 8.16. The molecule has 4 fully saturated rings. The van der Waals surface area contributed by atoms with Crippen molar-refractivity contribution in [3.8, 4) is 17.3 Å². The van der Waals surface area contributed by atoms with E-state index in [0.717, 1.165) is 50.9 Å². The zero-order valence-electron chi connectivity index (χ0n) is 26.9. The van der Waals surface area contributed by atoms with Gasteiger partial charge in [-0.25, -0.2) is 22.4 Å². The van der Waals surface area contributed by atoms with Gasteiger partial charge in [-0.15, -0.1) is 0 Å². The molecule has 7 rings (SSSR count). The molecule has 3 aromatic rings. The van der Waals surface area contributed by atoms with E-state index in [0.29, 0.717) is 50.2 Å². The second-order valence-corrected chi connectivity index (χ2v) is 13.8. The Morgan fingerprint density at radius 2 is 1.70 bits per heavy atom. The van der Waals surface area contributed by atoms with Gasteiger partial charge in [0.1, 0.15) is 29.5 Å². The van der Waals surface area contributed by atoms with E-state index in [1.807, 2.05) is 4.90 Å². The Labute approximate surface area is 270 Å². The number of fused-ring (bicyclic) bond motifs is 4. The number of anilines is 1. The molecule has 0 saturated carbocycles. The van der Waals surface area contributed by atoms with Gasteiger partial charge in [-0.1, -0.05) is 26.7 Å². The average Bonchev–Trinajstić information content (AvgIpc) is 3.66. The molecule has 0 aliphatic carbocycles. The zero-order chi connectivity index (χ0) is 33.2. The van der Waals surface area contributed by atoms with Gasteiger partial charge >= 0.3 is 12.1 Å². The van der Waals surface area contributed by atoms with E-state index < -0.39 is 29.7 Å². The van der Waals surface area contributed by atoms with Crippen LogP contribution in [0.5, 0.6) is 6.01 Å². The van der Waals surface area contributed by atoms with Crippen molar-refractivity contribution in [2.45, 2.75) is 83.3 Å². The molecular weight excluding hydrogens is 616 g/mol. The summed E-state index contributed by atoms with van der Waals surface area (Å²) >= 11 is 0. The second kappa shape index (κ2) is 12.1. The third-order valence-corrected chi connectivity index (χ3v) is 11.1. The molecule has 47 heavy (non-hydrogen) atoms. The molecule has 1 amide bonds. The fourth-order valence-electron chi connectivity index (χ4n) is 8.56. The molecule has 2 aromatic heterocycles. The number of aromatic nitrogens is 3. The highest BCUT2D eigenvalue weighted by Crippen LogP contribution is 2.46. The molecule has 0 spiro atoms. The van der Waals surface area contributed by atoms with Gasteiger partial charge in [-0.2, -0.15) is 9.97 Å². The molecule has 252 valence electrons. The van der Waals surface area contributed by atoms with Gasteiger partial charge in [0, 0.05) is 43.5 Å². The van der Waals surface area contributed by atoms with Crippen LogP contribution in [0.15, 0.2) is 18.3 Å². The molecule has 13 heteroatoms. The monoisotopic (exact) mass is 656 g/mol. The van der Waals surface area contributed by atoms with E-state index in [4.69, 9.17) is 9.72 Å². The number of piperazine rings is 1. The smallest absolute Gasteiger partial charge is 0.407 e. The van der Waals surface area contributed by atoms with Crippen molar-refractivity contribution < 1.29 is 32.2 Å². The first-order chi connectivity index (χ1) is 22.5. The number of carboxylic acid groups (broad SMARTS) is 1. The Morgan fingerprint density at radius 1 is 1.04 bits per heavy atom. The minimum Gasteiger partial charge on any atom is -0.465 e. The van der Waals surface area contributed by atoms with Crippen molar-refractivity contribution >= 4 is 22.8 Å². The van der Waals surface area contributed by atoms with Gasteiger partial charge in [0.2, 0.25) is 0 Å². The number of benzene rings is 1. The number of halogens is 4. The number of hydrogen-bond donors (Lipinski definition) is 1. The van der Waals surface area contributed by atoms with Crippen LogP contribution in [0.2, 0.25) is 0 Å². The summed E-state index contributed by atoms with van der Waals surface area (Å²) in [5.74, 6) is -0.283. The maximum Gasteiger partial charge on any atom is 0.407 e. The van der Waals surface area contributed by atoms with Gasteiger partial charge in [-0.05, 0) is 62.1 Å². The summed E-state index contributed by atoms with van der Waals surface area (Å²) in [5.41, 5.74) is -1.25. The Bertz CT molecular complexity index is 1680. The van der Waals surface area contributed by atoms with Crippen LogP contribution in [0.1, 0.15) is 69.9 Å². The minimum atomic E-state index is -2.95. The van der Waals surface area contributed by atoms with E-state index in [1.165, 1.54) is 18.0 Å². The van der Waals surface area contributed by atoms with Gasteiger partial charge in [-0.3, -0.25) is 14.8 Å². The largest absolute Gasteiger partial charge is 0.465 e. The van der Waals surface area contributed by atoms with Crippen molar-refractivity contribution in [1.29, 1.82) is 0 Å². The fourth-order valence-corrected chi connectivity index (χ4v) is 8.56. The Morgan fingerprint density at radius 3 is 2.30 bits per heavy atom. The lowest BCUT2D eigenvalue weighted by atomic mass is 9.86. The van der Waals surface area contributed by atoms with Crippen LogP contribution >= 0.6 is 0 Å². The molecule has 0 radical (unpaired) electrons. The Balaban J connectivity index is 1.31. The normalized spacial score (nSPS) is 27.3. The summed E-state index contributed by atoms with van der Waals surface area (Å²) in [6, 6.07) is 1.30. The number of rotatable bonds is 8. The third-order valence-electron chi connectivity index (χ3n) is 11.1. The Hall–Kier alpha value is -3.74. The zero-order valence-corrected chi connectivity index (χ0v) is 26.9. The van der Waals surface area contributed by atoms with Crippen molar-refractivity contribution in [3.05, 3.63) is 41.1 Å². The highest BCUT2D eigenvalue weighted by atomic mass is 19.3. The van der Waals surface area contributed by atoms with Crippen LogP contribution in [0.4, 0.5) is 28.2 Å². The summed E-state index contributed by atoms with van der Waals surface area (Å²) in [5, 5.41) is 10.1. The first kappa shape index (κ1) is 31.8. The third kappa shape index (κ3) is 5.44. The minimum absolute atomic E-state index is 0.00937. The summed E-state index contributed by atoms with van der Waals surface area (Å²) in [6.45, 7) is 8.86. The molecule has 2 unspecified atom stereocenters. The number of pyridine rings is 1. The fraction of sp³-hybridized carbons (Fsp3) is 0.588. The van der Waals surface area contributed by atoms with Crippen LogP contribution < -0.4 is 9.64 Å². The summed E-state index contributed by atoms with van der Waals surface area (Å²) in [7, 11) is 0. The molecule has 2 bridgehead atoms. The standard InChI is InChI=1S/C34H40F4N6O3/c1-4-19-10-34(11-20(5-2)14-43(34)13-19)17-47-32-40-29-25(31(41-32)42-15-22-6-7-23(16-42)44(22)33(45)46)12-39-28(27(29)36)24-8-21(30(37)38)9-26(35)18(24)3/h8-9,12,19-20,22-23,30H,4-7,10-11,13-17H2,1-3H3,(H,45,46)/t19?,20?,22-,23+,34?. The number of carbonyl (C=O) groups is 1. The SMILES string of the molecule is CCC1CN2CC(CC)CC2(COc2nc(N3C[C@H]4CC[C@@H](C3)N4C(=O)O)c3cnc(-c4cc(C(F)F)cc(F)c4C)c(F)c3n2)C1. The lowest BCUT2D eigenvalue weighted by molar-refractivity contribution is 0.107. The molecule has 1 N–H and O–H groups in total. The molecule has 4 atom stereocenters. The van der Waals surface area contributed by atoms with Crippen molar-refractivity contribution in [2.75, 3.05) is 37.7 Å². The molecule has 4 aliphatic rings. The molecule has 4 saturated heterocycles. The van der Waals surface area contributed by atoms with Crippen LogP contribution in [0, 0.1) is 30.4 Å². The lowest BCUT2D eigenvalue weighted by Crippen LogP contribution is -2.55.